The lowest BCUT2D eigenvalue weighted by Crippen LogP contribution is -2.31. The number of benzene rings is 3. The molecular weight excluding hydrogens is 354 g/mol. The number of amides is 1. The van der Waals surface area contributed by atoms with Gasteiger partial charge >= 0.3 is 0 Å². The van der Waals surface area contributed by atoms with Gasteiger partial charge in [0.2, 0.25) is 0 Å². The van der Waals surface area contributed by atoms with Gasteiger partial charge in [-0.1, -0.05) is 42.5 Å². The highest BCUT2D eigenvalue weighted by Crippen LogP contribution is 2.24. The molecule has 0 spiro atoms. The summed E-state index contributed by atoms with van der Waals surface area (Å²) in [6.45, 7) is 1.92. The van der Waals surface area contributed by atoms with E-state index in [-0.39, 0.29) is 18.6 Å². The van der Waals surface area contributed by atoms with Crippen LogP contribution in [0.2, 0.25) is 0 Å². The molecule has 1 N–H and O–H groups in total. The number of fused-ring (bicyclic) bond motifs is 1. The van der Waals surface area contributed by atoms with Gasteiger partial charge < -0.3 is 10.1 Å². The Kier molecular flexibility index (Phi) is 4.97. The van der Waals surface area contributed by atoms with E-state index in [1.54, 1.807) is 16.8 Å². The predicted octanol–water partition coefficient (Wildman–Crippen LogP) is 3.07. The molecule has 0 aliphatic rings. The van der Waals surface area contributed by atoms with Crippen LogP contribution in [0.25, 0.3) is 16.5 Å². The molecule has 1 heterocycles. The molecule has 1 aromatic heterocycles. The maximum atomic E-state index is 12.3. The van der Waals surface area contributed by atoms with Crippen LogP contribution >= 0.6 is 0 Å². The maximum absolute atomic E-state index is 12.3. The molecule has 0 aliphatic carbocycles. The summed E-state index contributed by atoms with van der Waals surface area (Å²) in [5.74, 6) is 0.426. The summed E-state index contributed by atoms with van der Waals surface area (Å²) < 4.78 is 7.14. The molecule has 4 rings (SSSR count). The van der Waals surface area contributed by atoms with E-state index in [1.165, 1.54) is 6.33 Å². The van der Waals surface area contributed by atoms with Crippen LogP contribution in [-0.4, -0.2) is 32.7 Å². The van der Waals surface area contributed by atoms with E-state index in [0.717, 1.165) is 22.0 Å². The zero-order chi connectivity index (χ0) is 19.3. The molecule has 1 amide bonds. The third kappa shape index (κ3) is 3.83. The first-order chi connectivity index (χ1) is 13.7. The molecule has 1 unspecified atom stereocenters. The summed E-state index contributed by atoms with van der Waals surface area (Å²) in [6.07, 6.45) is 1.51. The number of hydrogen-bond donors (Lipinski definition) is 1. The van der Waals surface area contributed by atoms with Crippen LogP contribution < -0.4 is 10.1 Å². The summed E-state index contributed by atoms with van der Waals surface area (Å²) in [6, 6.07) is 21.3. The van der Waals surface area contributed by atoms with Gasteiger partial charge in [-0.25, -0.2) is 4.68 Å². The van der Waals surface area contributed by atoms with Crippen LogP contribution in [-0.2, 0) is 4.79 Å². The average Bonchev–Trinajstić information content (AvgIpc) is 3.27. The van der Waals surface area contributed by atoms with Gasteiger partial charge in [-0.05, 0) is 58.0 Å². The summed E-state index contributed by atoms with van der Waals surface area (Å²) >= 11 is 0. The topological polar surface area (TPSA) is 81.9 Å². The van der Waals surface area contributed by atoms with Crippen molar-refractivity contribution in [2.75, 3.05) is 6.61 Å². The van der Waals surface area contributed by atoms with Gasteiger partial charge in [0.05, 0.1) is 11.7 Å². The van der Waals surface area contributed by atoms with Crippen molar-refractivity contribution in [3.05, 3.63) is 78.6 Å². The Hall–Kier alpha value is -3.74. The number of rotatable bonds is 6. The van der Waals surface area contributed by atoms with Crippen LogP contribution in [0.5, 0.6) is 5.75 Å². The van der Waals surface area contributed by atoms with Gasteiger partial charge in [-0.15, -0.1) is 5.10 Å². The number of aromatic nitrogens is 4. The van der Waals surface area contributed by atoms with E-state index >= 15 is 0 Å². The minimum absolute atomic E-state index is 0.0562. The minimum atomic E-state index is -0.176. The summed E-state index contributed by atoms with van der Waals surface area (Å²) in [4.78, 5) is 12.3. The van der Waals surface area contributed by atoms with Gasteiger partial charge in [-0.2, -0.15) is 0 Å². The van der Waals surface area contributed by atoms with Crippen molar-refractivity contribution >= 4 is 16.7 Å². The van der Waals surface area contributed by atoms with E-state index in [9.17, 15) is 4.79 Å². The molecule has 0 aliphatic heterocycles. The second-order valence-corrected chi connectivity index (χ2v) is 6.39. The fraction of sp³-hybridized carbons (Fsp3) is 0.143. The van der Waals surface area contributed by atoms with Crippen molar-refractivity contribution in [3.8, 4) is 11.4 Å². The minimum Gasteiger partial charge on any atom is -0.484 e. The third-order valence-corrected chi connectivity index (χ3v) is 4.49. The number of ether oxygens (including phenoxy) is 1. The summed E-state index contributed by atoms with van der Waals surface area (Å²) in [7, 11) is 0. The van der Waals surface area contributed by atoms with E-state index in [0.29, 0.717) is 5.75 Å². The fourth-order valence-corrected chi connectivity index (χ4v) is 3.11. The highest BCUT2D eigenvalue weighted by atomic mass is 16.5. The van der Waals surface area contributed by atoms with Crippen molar-refractivity contribution in [2.24, 2.45) is 0 Å². The SMILES string of the molecule is CC(NC(=O)COc1ccc(-n2cnnn2)cc1)c1cccc2ccccc12. The number of nitrogens with zero attached hydrogens (tertiary/aromatic N) is 4. The number of tetrazole rings is 1. The zero-order valence-corrected chi connectivity index (χ0v) is 15.3. The van der Waals surface area contributed by atoms with E-state index in [4.69, 9.17) is 4.74 Å². The highest BCUT2D eigenvalue weighted by molar-refractivity contribution is 5.87. The number of hydrogen-bond acceptors (Lipinski definition) is 5. The van der Waals surface area contributed by atoms with Crippen molar-refractivity contribution in [1.29, 1.82) is 0 Å². The molecule has 0 saturated carbocycles. The van der Waals surface area contributed by atoms with E-state index in [1.807, 2.05) is 43.3 Å². The van der Waals surface area contributed by atoms with Crippen LogP contribution in [0.3, 0.4) is 0 Å². The van der Waals surface area contributed by atoms with Crippen LogP contribution in [0.4, 0.5) is 0 Å². The average molecular weight is 373 g/mol. The molecule has 4 aromatic rings. The van der Waals surface area contributed by atoms with Gasteiger partial charge in [0.25, 0.3) is 5.91 Å². The van der Waals surface area contributed by atoms with Gasteiger partial charge in [0, 0.05) is 0 Å². The Balaban J connectivity index is 1.36. The van der Waals surface area contributed by atoms with E-state index in [2.05, 4.69) is 39.0 Å². The Morgan fingerprint density at radius 3 is 2.64 bits per heavy atom. The van der Waals surface area contributed by atoms with E-state index < -0.39 is 0 Å². The largest absolute Gasteiger partial charge is 0.484 e. The van der Waals surface area contributed by atoms with Crippen LogP contribution in [0.15, 0.2) is 73.1 Å². The standard InChI is InChI=1S/C21H19N5O2/c1-15(19-8-4-6-16-5-2-3-7-20(16)19)23-21(27)13-28-18-11-9-17(10-12-18)26-14-22-24-25-26/h2-12,14-15H,13H2,1H3,(H,23,27). The molecule has 7 nitrogen and oxygen atoms in total. The Morgan fingerprint density at radius 2 is 1.86 bits per heavy atom. The molecule has 7 heteroatoms. The quantitative estimate of drug-likeness (QED) is 0.562. The van der Waals surface area contributed by atoms with Gasteiger partial charge in [-0.3, -0.25) is 4.79 Å². The molecule has 1 atom stereocenters. The second kappa shape index (κ2) is 7.87. The summed E-state index contributed by atoms with van der Waals surface area (Å²) in [5.41, 5.74) is 1.89. The molecule has 0 radical (unpaired) electrons. The molecule has 0 bridgehead atoms. The third-order valence-electron chi connectivity index (χ3n) is 4.49. The first kappa shape index (κ1) is 17.7. The first-order valence-corrected chi connectivity index (χ1v) is 8.94. The van der Waals surface area contributed by atoms with Gasteiger partial charge in [0.15, 0.2) is 6.61 Å². The number of carbonyl (C=O) groups excluding carboxylic acids is 1. The number of carbonyl (C=O) groups is 1. The lowest BCUT2D eigenvalue weighted by Gasteiger charge is -2.17. The van der Waals surface area contributed by atoms with Crippen molar-refractivity contribution in [1.82, 2.24) is 25.5 Å². The Bertz CT molecular complexity index is 1070. The Morgan fingerprint density at radius 1 is 1.07 bits per heavy atom. The normalized spacial score (nSPS) is 11.9. The lowest BCUT2D eigenvalue weighted by atomic mass is 10.00. The van der Waals surface area contributed by atoms with Crippen molar-refractivity contribution in [2.45, 2.75) is 13.0 Å². The second-order valence-electron chi connectivity index (χ2n) is 6.39. The predicted molar refractivity (Wildman–Crippen MR) is 105 cm³/mol. The first-order valence-electron chi connectivity index (χ1n) is 8.94. The Labute approximate surface area is 161 Å². The fourth-order valence-electron chi connectivity index (χ4n) is 3.11. The smallest absolute Gasteiger partial charge is 0.258 e. The molecule has 28 heavy (non-hydrogen) atoms. The lowest BCUT2D eigenvalue weighted by molar-refractivity contribution is -0.123. The monoisotopic (exact) mass is 373 g/mol. The molecule has 0 fully saturated rings. The van der Waals surface area contributed by atoms with Crippen molar-refractivity contribution in [3.63, 3.8) is 0 Å². The number of nitrogens with one attached hydrogen (secondary N) is 1. The van der Waals surface area contributed by atoms with Crippen LogP contribution in [0.1, 0.15) is 18.5 Å². The molecular formula is C21H19N5O2. The van der Waals surface area contributed by atoms with Crippen molar-refractivity contribution < 1.29 is 9.53 Å². The highest BCUT2D eigenvalue weighted by Gasteiger charge is 2.12. The zero-order valence-electron chi connectivity index (χ0n) is 15.3. The van der Waals surface area contributed by atoms with Gasteiger partial charge in [0.1, 0.15) is 12.1 Å². The molecule has 3 aromatic carbocycles. The summed E-state index contributed by atoms with van der Waals surface area (Å²) in [5, 5.41) is 16.3. The molecule has 140 valence electrons. The van der Waals surface area contributed by atoms with Crippen LogP contribution in [0, 0.1) is 0 Å². The maximum Gasteiger partial charge on any atom is 0.258 e. The molecule has 0 saturated heterocycles.